The van der Waals surface area contributed by atoms with Crippen molar-refractivity contribution in [3.8, 4) is 10.9 Å². The molecule has 1 unspecified atom stereocenters. The molecule has 0 spiro atoms. The number of ether oxygens (including phenoxy) is 1. The maximum absolute atomic E-state index is 13.1. The molecule has 5 nitrogen and oxygen atoms in total. The Labute approximate surface area is 214 Å². The van der Waals surface area contributed by atoms with E-state index in [1.165, 1.54) is 17.1 Å². The Morgan fingerprint density at radius 2 is 1.39 bits per heavy atom. The molecule has 0 saturated heterocycles. The minimum Gasteiger partial charge on any atom is -0.430 e. The summed E-state index contributed by atoms with van der Waals surface area (Å²) in [7, 11) is 0. The van der Waals surface area contributed by atoms with Crippen LogP contribution in [0.25, 0.3) is 0 Å². The maximum Gasteiger partial charge on any atom is 0.298 e. The molecule has 0 radical (unpaired) electrons. The van der Waals surface area contributed by atoms with Crippen LogP contribution < -0.4 is 10.1 Å². The Hall–Kier alpha value is -4.29. The number of aromatic nitrogens is 2. The number of nitrogens with zero attached hydrogens (tertiary/aromatic N) is 2. The minimum atomic E-state index is -0.138. The Balaban J connectivity index is 1.23. The standard InChI is InChI=1S/C30H25N3O2S/c34-29(31-27(24-14-8-3-9-15-24)20-22-10-4-1-5-11-22)25-16-18-26(19-17-25)35-30-32-28(33-36-30)21-23-12-6-2-7-13-23/h1-19,27H,20-21H2,(H,31,34). The summed E-state index contributed by atoms with van der Waals surface area (Å²) in [6.07, 6.45) is 1.37. The second kappa shape index (κ2) is 11.4. The van der Waals surface area contributed by atoms with Crippen molar-refractivity contribution in [3.05, 3.63) is 143 Å². The largest absolute Gasteiger partial charge is 0.430 e. The summed E-state index contributed by atoms with van der Waals surface area (Å²) in [5.41, 5.74) is 3.95. The first-order valence-corrected chi connectivity index (χ1v) is 12.5. The van der Waals surface area contributed by atoms with E-state index in [-0.39, 0.29) is 11.9 Å². The first-order valence-electron chi connectivity index (χ1n) is 11.8. The molecule has 0 aliphatic rings. The van der Waals surface area contributed by atoms with Gasteiger partial charge in [0.25, 0.3) is 11.1 Å². The van der Waals surface area contributed by atoms with Crippen molar-refractivity contribution in [2.24, 2.45) is 0 Å². The number of carbonyl (C=O) groups excluding carboxylic acids is 1. The fourth-order valence-electron chi connectivity index (χ4n) is 3.93. The second-order valence-electron chi connectivity index (χ2n) is 8.39. The van der Waals surface area contributed by atoms with Gasteiger partial charge < -0.3 is 10.1 Å². The van der Waals surface area contributed by atoms with Gasteiger partial charge in [0, 0.05) is 23.5 Å². The van der Waals surface area contributed by atoms with E-state index in [1.807, 2.05) is 78.9 Å². The van der Waals surface area contributed by atoms with Crippen molar-refractivity contribution < 1.29 is 9.53 Å². The van der Waals surface area contributed by atoms with E-state index in [4.69, 9.17) is 4.74 Å². The van der Waals surface area contributed by atoms with Crippen LogP contribution in [0.2, 0.25) is 0 Å². The third kappa shape index (κ3) is 6.23. The molecule has 0 bridgehead atoms. The zero-order valence-corrected chi connectivity index (χ0v) is 20.4. The first-order chi connectivity index (χ1) is 17.7. The predicted octanol–water partition coefficient (Wildman–Crippen LogP) is 6.64. The summed E-state index contributed by atoms with van der Waals surface area (Å²) < 4.78 is 10.3. The van der Waals surface area contributed by atoms with E-state index in [1.54, 1.807) is 24.3 Å². The summed E-state index contributed by atoms with van der Waals surface area (Å²) >= 11 is 1.22. The third-order valence-corrected chi connectivity index (χ3v) is 6.40. The van der Waals surface area contributed by atoms with Crippen molar-refractivity contribution in [2.75, 3.05) is 0 Å². The van der Waals surface area contributed by atoms with Crippen LogP contribution in [0.15, 0.2) is 115 Å². The molecule has 0 fully saturated rings. The summed E-state index contributed by atoms with van der Waals surface area (Å²) in [4.78, 5) is 17.6. The lowest BCUT2D eigenvalue weighted by atomic mass is 9.98. The Morgan fingerprint density at radius 1 is 0.778 bits per heavy atom. The van der Waals surface area contributed by atoms with E-state index >= 15 is 0 Å². The van der Waals surface area contributed by atoms with Crippen LogP contribution >= 0.6 is 11.5 Å². The zero-order valence-electron chi connectivity index (χ0n) is 19.6. The molecule has 0 aliphatic heterocycles. The highest BCUT2D eigenvalue weighted by atomic mass is 32.1. The fraction of sp³-hybridized carbons (Fsp3) is 0.100. The van der Waals surface area contributed by atoms with Gasteiger partial charge in [-0.2, -0.15) is 9.36 Å². The Morgan fingerprint density at radius 3 is 2.06 bits per heavy atom. The smallest absolute Gasteiger partial charge is 0.298 e. The van der Waals surface area contributed by atoms with E-state index in [0.29, 0.717) is 29.3 Å². The van der Waals surface area contributed by atoms with Gasteiger partial charge >= 0.3 is 0 Å². The molecule has 1 amide bonds. The van der Waals surface area contributed by atoms with Gasteiger partial charge in [-0.1, -0.05) is 91.0 Å². The van der Waals surface area contributed by atoms with Crippen LogP contribution in [0.4, 0.5) is 0 Å². The molecule has 0 saturated carbocycles. The van der Waals surface area contributed by atoms with E-state index in [2.05, 4.69) is 26.8 Å². The van der Waals surface area contributed by atoms with Gasteiger partial charge in [0.05, 0.1) is 6.04 Å². The number of carbonyl (C=O) groups is 1. The number of hydrogen-bond acceptors (Lipinski definition) is 5. The highest BCUT2D eigenvalue weighted by Crippen LogP contribution is 2.25. The molecule has 5 rings (SSSR count). The fourth-order valence-corrected chi connectivity index (χ4v) is 4.50. The summed E-state index contributed by atoms with van der Waals surface area (Å²) in [5.74, 6) is 1.20. The lowest BCUT2D eigenvalue weighted by Gasteiger charge is -2.20. The van der Waals surface area contributed by atoms with Crippen LogP contribution in [0, 0.1) is 0 Å². The Kier molecular flexibility index (Phi) is 7.44. The van der Waals surface area contributed by atoms with Gasteiger partial charge in [-0.25, -0.2) is 0 Å². The topological polar surface area (TPSA) is 64.1 Å². The number of nitrogens with one attached hydrogen (secondary N) is 1. The third-order valence-electron chi connectivity index (χ3n) is 5.77. The molecule has 1 N–H and O–H groups in total. The van der Waals surface area contributed by atoms with Crippen LogP contribution in [0.1, 0.15) is 38.9 Å². The van der Waals surface area contributed by atoms with Crippen LogP contribution in [0.5, 0.6) is 10.9 Å². The van der Waals surface area contributed by atoms with Crippen LogP contribution in [-0.4, -0.2) is 15.3 Å². The van der Waals surface area contributed by atoms with Gasteiger partial charge in [0.1, 0.15) is 5.75 Å². The predicted molar refractivity (Wildman–Crippen MR) is 142 cm³/mol. The quantitative estimate of drug-likeness (QED) is 0.251. The van der Waals surface area contributed by atoms with Gasteiger partial charge in [-0.05, 0) is 47.4 Å². The number of rotatable bonds is 9. The second-order valence-corrected chi connectivity index (χ2v) is 9.11. The monoisotopic (exact) mass is 491 g/mol. The molecule has 1 atom stereocenters. The van der Waals surface area contributed by atoms with E-state index < -0.39 is 0 Å². The molecule has 36 heavy (non-hydrogen) atoms. The van der Waals surface area contributed by atoms with Gasteiger partial charge in [-0.15, -0.1) is 0 Å². The van der Waals surface area contributed by atoms with Gasteiger partial charge in [0.15, 0.2) is 5.82 Å². The molecule has 1 aromatic heterocycles. The summed E-state index contributed by atoms with van der Waals surface area (Å²) in [6, 6.07) is 37.3. The van der Waals surface area contributed by atoms with Crippen molar-refractivity contribution in [2.45, 2.75) is 18.9 Å². The number of benzene rings is 4. The number of hydrogen-bond donors (Lipinski definition) is 1. The minimum absolute atomic E-state index is 0.132. The summed E-state index contributed by atoms with van der Waals surface area (Å²) in [6.45, 7) is 0. The molecule has 1 heterocycles. The molecule has 4 aromatic carbocycles. The lowest BCUT2D eigenvalue weighted by Crippen LogP contribution is -2.30. The van der Waals surface area contributed by atoms with Gasteiger partial charge in [-0.3, -0.25) is 4.79 Å². The Bertz CT molecular complexity index is 1390. The molecule has 5 aromatic rings. The normalized spacial score (nSPS) is 11.6. The highest BCUT2D eigenvalue weighted by molar-refractivity contribution is 7.07. The molecule has 0 aliphatic carbocycles. The van der Waals surface area contributed by atoms with Crippen molar-refractivity contribution in [1.29, 1.82) is 0 Å². The molecular formula is C30H25N3O2S. The SMILES string of the molecule is O=C(NC(Cc1ccccc1)c1ccccc1)c1ccc(Oc2nc(Cc3ccccc3)ns2)cc1. The maximum atomic E-state index is 13.1. The lowest BCUT2D eigenvalue weighted by molar-refractivity contribution is 0.0936. The van der Waals surface area contributed by atoms with E-state index in [9.17, 15) is 4.79 Å². The average molecular weight is 492 g/mol. The molecule has 6 heteroatoms. The summed E-state index contributed by atoms with van der Waals surface area (Å²) in [5, 5.41) is 3.67. The van der Waals surface area contributed by atoms with Crippen LogP contribution in [0.3, 0.4) is 0 Å². The van der Waals surface area contributed by atoms with Crippen molar-refractivity contribution >= 4 is 17.4 Å². The van der Waals surface area contributed by atoms with Crippen molar-refractivity contribution in [1.82, 2.24) is 14.7 Å². The first kappa shape index (κ1) is 23.5. The van der Waals surface area contributed by atoms with Crippen LogP contribution in [-0.2, 0) is 12.8 Å². The molecule has 178 valence electrons. The zero-order chi connectivity index (χ0) is 24.6. The van der Waals surface area contributed by atoms with Gasteiger partial charge in [0.2, 0.25) is 0 Å². The van der Waals surface area contributed by atoms with E-state index in [0.717, 1.165) is 17.0 Å². The molecular weight excluding hydrogens is 466 g/mol. The number of amides is 1. The average Bonchev–Trinajstić information content (AvgIpc) is 3.37. The van der Waals surface area contributed by atoms with Crippen molar-refractivity contribution in [3.63, 3.8) is 0 Å². The highest BCUT2D eigenvalue weighted by Gasteiger charge is 2.17.